The third kappa shape index (κ3) is 9.16. The Bertz CT molecular complexity index is 879. The van der Waals surface area contributed by atoms with Gasteiger partial charge in [0.1, 0.15) is 18.3 Å². The number of nitrogens with zero attached hydrogens (tertiary/aromatic N) is 1. The van der Waals surface area contributed by atoms with Gasteiger partial charge in [-0.15, -0.1) is 0 Å². The highest BCUT2D eigenvalue weighted by molar-refractivity contribution is 7.17. The van der Waals surface area contributed by atoms with Gasteiger partial charge < -0.3 is 14.6 Å². The normalized spacial score (nSPS) is 13.2. The molecule has 0 aliphatic heterocycles. The van der Waals surface area contributed by atoms with Crippen LogP contribution >= 0.6 is 20.8 Å². The summed E-state index contributed by atoms with van der Waals surface area (Å²) in [4.78, 5) is 5.51. The van der Waals surface area contributed by atoms with Gasteiger partial charge in [0, 0.05) is 29.7 Å². The van der Waals surface area contributed by atoms with Crippen LogP contribution in [-0.2, 0) is 13.0 Å². The van der Waals surface area contributed by atoms with Crippen LogP contribution < -0.4 is 15.3 Å². The van der Waals surface area contributed by atoms with Gasteiger partial charge in [0.15, 0.2) is 0 Å². The van der Waals surface area contributed by atoms with Crippen molar-refractivity contribution in [1.29, 1.82) is 0 Å². The zero-order valence-electron chi connectivity index (χ0n) is 17.8. The van der Waals surface area contributed by atoms with Crippen molar-refractivity contribution in [3.63, 3.8) is 0 Å². The fraction of sp³-hybridized carbons (Fsp3) is 0.391. The number of rotatable bonds is 9. The molecule has 6 heteroatoms. The fourth-order valence-electron chi connectivity index (χ4n) is 2.93. The minimum atomic E-state index is -1.06. The van der Waals surface area contributed by atoms with Crippen LogP contribution in [-0.4, -0.2) is 36.0 Å². The van der Waals surface area contributed by atoms with Gasteiger partial charge in [-0.2, -0.15) is 0 Å². The van der Waals surface area contributed by atoms with Gasteiger partial charge in [0.25, 0.3) is 0 Å². The van der Waals surface area contributed by atoms with Crippen LogP contribution in [0.2, 0.25) is 0 Å². The smallest absolute Gasteiger partial charge is 0.147 e. The molecule has 0 bridgehead atoms. The Hall–Kier alpha value is -1.61. The van der Waals surface area contributed by atoms with Crippen molar-refractivity contribution in [3.8, 4) is 5.75 Å². The molecule has 0 saturated heterocycles. The summed E-state index contributed by atoms with van der Waals surface area (Å²) in [6.45, 7) is 11.5. The van der Waals surface area contributed by atoms with Crippen molar-refractivity contribution < 1.29 is 9.13 Å². The number of ether oxygens (including phenoxy) is 1. The molecular formula is C23H33ClFN2OP. The van der Waals surface area contributed by atoms with Crippen LogP contribution in [0.25, 0.3) is 12.2 Å². The van der Waals surface area contributed by atoms with Crippen LogP contribution in [0.15, 0.2) is 42.1 Å². The molecule has 2 rings (SSSR count). The second-order valence-electron chi connectivity index (χ2n) is 6.48. The van der Waals surface area contributed by atoms with E-state index < -0.39 is 5.91 Å². The molecule has 0 saturated carbocycles. The van der Waals surface area contributed by atoms with Gasteiger partial charge in [0.2, 0.25) is 0 Å². The Morgan fingerprint density at radius 2 is 2.14 bits per heavy atom. The first kappa shape index (κ1) is 25.4. The lowest BCUT2D eigenvalue weighted by molar-refractivity contribution is 0.252. The second-order valence-corrected chi connectivity index (χ2v) is 7.69. The molecule has 3 nitrogen and oxygen atoms in total. The van der Waals surface area contributed by atoms with Crippen molar-refractivity contribution in [2.75, 3.05) is 20.2 Å². The summed E-state index contributed by atoms with van der Waals surface area (Å²) in [7, 11) is 4.18. The van der Waals surface area contributed by atoms with Gasteiger partial charge in [0.05, 0.1) is 0 Å². The van der Waals surface area contributed by atoms with Crippen LogP contribution in [0.3, 0.4) is 0 Å². The average Bonchev–Trinajstić information content (AvgIpc) is 3.07. The van der Waals surface area contributed by atoms with E-state index in [9.17, 15) is 4.39 Å². The molecule has 2 unspecified atom stereocenters. The lowest BCUT2D eigenvalue weighted by Gasteiger charge is -2.17. The zero-order chi connectivity index (χ0) is 21.8. The Kier molecular flexibility index (Phi) is 11.9. The number of aromatic amines is 1. The molecule has 0 aliphatic carbocycles. The summed E-state index contributed by atoms with van der Waals surface area (Å²) in [5.41, 5.74) is 2.39. The maximum absolute atomic E-state index is 12.9. The monoisotopic (exact) mass is 438 g/mol. The van der Waals surface area contributed by atoms with Crippen LogP contribution in [0, 0.1) is 0 Å². The molecule has 2 atom stereocenters. The minimum absolute atomic E-state index is 0.0435. The molecule has 0 amide bonds. The molecule has 160 valence electrons. The molecule has 1 aromatic heterocycles. The number of hydrogen-bond acceptors (Lipinski definition) is 2. The van der Waals surface area contributed by atoms with Crippen molar-refractivity contribution >= 4 is 33.0 Å². The number of hydrogen-bond donors (Lipinski definition) is 1. The van der Waals surface area contributed by atoms with E-state index in [0.717, 1.165) is 30.4 Å². The highest BCUT2D eigenvalue weighted by Gasteiger charge is 2.06. The number of aromatic nitrogens is 1. The number of alkyl halides is 1. The number of halogens is 2. The molecule has 0 aliphatic rings. The molecule has 0 radical (unpaired) electrons. The van der Waals surface area contributed by atoms with E-state index in [1.165, 1.54) is 10.8 Å². The first-order valence-corrected chi connectivity index (χ1v) is 10.9. The van der Waals surface area contributed by atoms with E-state index in [1.54, 1.807) is 0 Å². The maximum atomic E-state index is 12.9. The van der Waals surface area contributed by atoms with Crippen molar-refractivity contribution in [3.05, 3.63) is 63.8 Å². The molecule has 0 spiro atoms. The van der Waals surface area contributed by atoms with Gasteiger partial charge in [-0.25, -0.2) is 4.39 Å². The standard InChI is InChI=1S/C21H27ClFN2OP.C2H6/c1-4-19-17(12-24-20(19)10-15(2)22)8-9-25(3)13-16-6-5-7-18(11-16)26-14-21(23)27;1-2/h4-7,10-12,21,24H,2,8-9,13-14,27H2,1,3H3;1-2H3/b19-4-,20-10+;. The largest absolute Gasteiger partial charge is 0.490 e. The number of allylic oxidation sites excluding steroid dienone is 1. The van der Waals surface area contributed by atoms with E-state index in [4.69, 9.17) is 16.3 Å². The van der Waals surface area contributed by atoms with Gasteiger partial charge >= 0.3 is 0 Å². The van der Waals surface area contributed by atoms with Crippen molar-refractivity contribution in [2.24, 2.45) is 0 Å². The summed E-state index contributed by atoms with van der Waals surface area (Å²) in [6.07, 6.45) is 6.87. The lowest BCUT2D eigenvalue weighted by Crippen LogP contribution is -2.27. The molecule has 29 heavy (non-hydrogen) atoms. The molecular weight excluding hydrogens is 406 g/mol. The van der Waals surface area contributed by atoms with E-state index in [-0.39, 0.29) is 6.61 Å². The third-order valence-electron chi connectivity index (χ3n) is 4.15. The number of likely N-dealkylation sites (N-methyl/N-ethyl adjacent to an activating group) is 1. The molecule has 1 heterocycles. The highest BCUT2D eigenvalue weighted by Crippen LogP contribution is 2.16. The van der Waals surface area contributed by atoms with Crippen molar-refractivity contribution in [2.45, 2.75) is 39.6 Å². The van der Waals surface area contributed by atoms with E-state index in [0.29, 0.717) is 10.8 Å². The lowest BCUT2D eigenvalue weighted by atomic mass is 10.1. The Balaban J connectivity index is 0.00000204. The van der Waals surface area contributed by atoms with Gasteiger partial charge in [-0.1, -0.05) is 59.5 Å². The van der Waals surface area contributed by atoms with Crippen LogP contribution in [0.4, 0.5) is 4.39 Å². The molecule has 1 aromatic carbocycles. The quantitative estimate of drug-likeness (QED) is 0.579. The molecule has 0 fully saturated rings. The first-order valence-electron chi connectivity index (χ1n) is 9.87. The summed E-state index contributed by atoms with van der Waals surface area (Å²) in [6, 6.07) is 7.80. The number of H-pyrrole nitrogens is 1. The SMILES string of the molecule is C=C(Cl)/C=c1/[nH]cc(CCN(C)Cc2cccc(OCC(F)P)c2)/c1=C/C.CC. The number of benzene rings is 1. The predicted molar refractivity (Wildman–Crippen MR) is 128 cm³/mol. The summed E-state index contributed by atoms with van der Waals surface area (Å²) < 4.78 is 18.3. The summed E-state index contributed by atoms with van der Waals surface area (Å²) >= 11 is 5.90. The van der Waals surface area contributed by atoms with Gasteiger partial charge in [-0.05, 0) is 54.9 Å². The summed E-state index contributed by atoms with van der Waals surface area (Å²) in [5.74, 6) is -0.360. The van der Waals surface area contributed by atoms with Crippen LogP contribution in [0.5, 0.6) is 5.75 Å². The fourth-order valence-corrected chi connectivity index (χ4v) is 3.13. The maximum Gasteiger partial charge on any atom is 0.147 e. The Labute approximate surface area is 181 Å². The topological polar surface area (TPSA) is 28.3 Å². The summed E-state index contributed by atoms with van der Waals surface area (Å²) in [5, 5.41) is 2.66. The second kappa shape index (κ2) is 13.6. The van der Waals surface area contributed by atoms with Crippen LogP contribution in [0.1, 0.15) is 31.9 Å². The molecule has 1 N–H and O–H groups in total. The van der Waals surface area contributed by atoms with E-state index in [2.05, 4.69) is 44.9 Å². The van der Waals surface area contributed by atoms with E-state index in [1.807, 2.05) is 51.2 Å². The Morgan fingerprint density at radius 3 is 2.76 bits per heavy atom. The molecule has 2 aromatic rings. The zero-order valence-corrected chi connectivity index (χ0v) is 19.8. The third-order valence-corrected chi connectivity index (χ3v) is 4.45. The van der Waals surface area contributed by atoms with Crippen molar-refractivity contribution in [1.82, 2.24) is 9.88 Å². The van der Waals surface area contributed by atoms with Gasteiger partial charge in [-0.3, -0.25) is 0 Å². The Morgan fingerprint density at radius 1 is 1.41 bits per heavy atom. The number of nitrogens with one attached hydrogen (secondary N) is 1. The predicted octanol–water partition coefficient (Wildman–Crippen LogP) is 4.60. The minimum Gasteiger partial charge on any atom is -0.490 e. The first-order chi connectivity index (χ1) is 13.9. The average molecular weight is 439 g/mol. The highest BCUT2D eigenvalue weighted by atomic mass is 35.5. The van der Waals surface area contributed by atoms with E-state index >= 15 is 0 Å².